The number of rotatable bonds is 7. The maximum absolute atomic E-state index is 12.4. The van der Waals surface area contributed by atoms with Gasteiger partial charge in [0.1, 0.15) is 0 Å². The number of para-hydroxylation sites is 1. The fourth-order valence-corrected chi connectivity index (χ4v) is 2.71. The zero-order chi connectivity index (χ0) is 19.9. The van der Waals surface area contributed by atoms with Crippen molar-refractivity contribution in [2.24, 2.45) is 0 Å². The van der Waals surface area contributed by atoms with Crippen LogP contribution in [0.2, 0.25) is 0 Å². The van der Waals surface area contributed by atoms with Crippen molar-refractivity contribution in [3.63, 3.8) is 0 Å². The Labute approximate surface area is 163 Å². The average molecular weight is 378 g/mol. The number of esters is 1. The molecule has 0 atom stereocenters. The lowest BCUT2D eigenvalue weighted by Crippen LogP contribution is -2.34. The topological polar surface area (TPSA) is 77.3 Å². The van der Waals surface area contributed by atoms with E-state index in [1.54, 1.807) is 11.8 Å². The maximum Gasteiger partial charge on any atom is 0.361 e. The number of amides is 1. The van der Waals surface area contributed by atoms with E-state index in [4.69, 9.17) is 4.74 Å². The lowest BCUT2D eigenvalue weighted by atomic mass is 10.2. The molecule has 0 aliphatic carbocycles. The molecule has 2 aromatic carbocycles. The molecule has 0 aliphatic rings. The molecule has 0 spiro atoms. The molecular weight excluding hydrogens is 356 g/mol. The van der Waals surface area contributed by atoms with Crippen LogP contribution in [0.3, 0.4) is 0 Å². The van der Waals surface area contributed by atoms with E-state index in [2.05, 4.69) is 10.2 Å². The molecule has 1 amide bonds. The van der Waals surface area contributed by atoms with Crippen molar-refractivity contribution >= 4 is 11.9 Å². The summed E-state index contributed by atoms with van der Waals surface area (Å²) in [6.07, 6.45) is 0. The van der Waals surface area contributed by atoms with Gasteiger partial charge >= 0.3 is 5.97 Å². The first kappa shape index (κ1) is 19.3. The van der Waals surface area contributed by atoms with E-state index >= 15 is 0 Å². The zero-order valence-electron chi connectivity index (χ0n) is 15.9. The van der Waals surface area contributed by atoms with Gasteiger partial charge in [-0.25, -0.2) is 4.79 Å². The van der Waals surface area contributed by atoms with E-state index in [1.165, 1.54) is 4.80 Å². The first-order valence-corrected chi connectivity index (χ1v) is 9.06. The minimum Gasteiger partial charge on any atom is -0.451 e. The Hall–Kier alpha value is -3.48. The van der Waals surface area contributed by atoms with Crippen LogP contribution in [0.4, 0.5) is 0 Å². The van der Waals surface area contributed by atoms with Crippen molar-refractivity contribution < 1.29 is 14.3 Å². The zero-order valence-corrected chi connectivity index (χ0v) is 15.9. The van der Waals surface area contributed by atoms with Gasteiger partial charge in [0, 0.05) is 13.1 Å². The second-order valence-corrected chi connectivity index (χ2v) is 6.23. The van der Waals surface area contributed by atoms with Crippen molar-refractivity contribution in [3.05, 3.63) is 77.6 Å². The predicted octanol–water partition coefficient (Wildman–Crippen LogP) is 2.78. The van der Waals surface area contributed by atoms with Crippen LogP contribution in [-0.2, 0) is 16.1 Å². The van der Waals surface area contributed by atoms with Gasteiger partial charge in [0.15, 0.2) is 12.3 Å². The second kappa shape index (κ2) is 8.94. The molecular formula is C21H22N4O3. The number of nitrogens with zero attached hydrogens (tertiary/aromatic N) is 4. The molecule has 1 heterocycles. The molecule has 144 valence electrons. The fourth-order valence-electron chi connectivity index (χ4n) is 2.71. The van der Waals surface area contributed by atoms with Gasteiger partial charge in [-0.3, -0.25) is 4.79 Å². The van der Waals surface area contributed by atoms with Crippen LogP contribution in [0.25, 0.3) is 5.69 Å². The lowest BCUT2D eigenvalue weighted by Gasteiger charge is -2.20. The summed E-state index contributed by atoms with van der Waals surface area (Å²) in [7, 11) is 0. The molecule has 28 heavy (non-hydrogen) atoms. The van der Waals surface area contributed by atoms with E-state index < -0.39 is 5.97 Å². The average Bonchev–Trinajstić information content (AvgIpc) is 3.13. The smallest absolute Gasteiger partial charge is 0.361 e. The Kier molecular flexibility index (Phi) is 6.16. The van der Waals surface area contributed by atoms with Crippen LogP contribution in [0.15, 0.2) is 60.7 Å². The molecule has 0 radical (unpaired) electrons. The summed E-state index contributed by atoms with van der Waals surface area (Å²) in [5, 5.41) is 8.44. The summed E-state index contributed by atoms with van der Waals surface area (Å²) in [5.74, 6) is -0.920. The largest absolute Gasteiger partial charge is 0.451 e. The van der Waals surface area contributed by atoms with Gasteiger partial charge in [-0.15, -0.1) is 5.10 Å². The standard InChI is InChI=1S/C21H22N4O3/c1-3-24(14-17-10-6-4-7-11-17)19(26)15-28-21(27)20-16(2)22-25(23-20)18-12-8-5-9-13-18/h4-13H,3,14-15H2,1-2H3. The number of likely N-dealkylation sites (N-methyl/N-ethyl adjacent to an activating group) is 1. The number of hydrogen-bond acceptors (Lipinski definition) is 5. The first-order valence-electron chi connectivity index (χ1n) is 9.06. The Morgan fingerprint density at radius 2 is 1.64 bits per heavy atom. The molecule has 0 unspecified atom stereocenters. The van der Waals surface area contributed by atoms with Gasteiger partial charge in [0.2, 0.25) is 0 Å². The molecule has 3 rings (SSSR count). The third kappa shape index (κ3) is 4.62. The lowest BCUT2D eigenvalue weighted by molar-refractivity contribution is -0.135. The van der Waals surface area contributed by atoms with Crippen LogP contribution >= 0.6 is 0 Å². The van der Waals surface area contributed by atoms with Crippen molar-refractivity contribution in [2.45, 2.75) is 20.4 Å². The summed E-state index contributed by atoms with van der Waals surface area (Å²) in [6, 6.07) is 18.9. The van der Waals surface area contributed by atoms with Crippen LogP contribution in [0.1, 0.15) is 28.7 Å². The third-order valence-electron chi connectivity index (χ3n) is 4.24. The number of ether oxygens (including phenoxy) is 1. The van der Waals surface area contributed by atoms with Crippen molar-refractivity contribution in [3.8, 4) is 5.69 Å². The van der Waals surface area contributed by atoms with Crippen molar-refractivity contribution in [1.29, 1.82) is 0 Å². The molecule has 7 heteroatoms. The number of carbonyl (C=O) groups is 2. The number of aromatic nitrogens is 3. The number of aryl methyl sites for hydroxylation is 1. The first-order chi connectivity index (χ1) is 13.6. The van der Waals surface area contributed by atoms with Gasteiger partial charge in [-0.2, -0.15) is 9.90 Å². The monoisotopic (exact) mass is 378 g/mol. The maximum atomic E-state index is 12.4. The van der Waals surface area contributed by atoms with E-state index in [0.29, 0.717) is 18.8 Å². The minimum absolute atomic E-state index is 0.0998. The van der Waals surface area contributed by atoms with Gasteiger partial charge in [0.25, 0.3) is 5.91 Å². The van der Waals surface area contributed by atoms with Crippen LogP contribution < -0.4 is 0 Å². The minimum atomic E-state index is -0.663. The van der Waals surface area contributed by atoms with Crippen LogP contribution in [-0.4, -0.2) is 44.9 Å². The van der Waals surface area contributed by atoms with Crippen LogP contribution in [0.5, 0.6) is 0 Å². The van der Waals surface area contributed by atoms with Crippen molar-refractivity contribution in [1.82, 2.24) is 19.9 Å². The SMILES string of the molecule is CCN(Cc1ccccc1)C(=O)COC(=O)c1nn(-c2ccccc2)nc1C. The van der Waals surface area contributed by atoms with Gasteiger partial charge in [-0.1, -0.05) is 48.5 Å². The normalized spacial score (nSPS) is 10.5. The molecule has 1 aromatic heterocycles. The van der Waals surface area contributed by atoms with Gasteiger partial charge in [0.05, 0.1) is 11.4 Å². The second-order valence-electron chi connectivity index (χ2n) is 6.23. The van der Waals surface area contributed by atoms with E-state index in [1.807, 2.05) is 67.6 Å². The van der Waals surface area contributed by atoms with Crippen LogP contribution in [0, 0.1) is 6.92 Å². The van der Waals surface area contributed by atoms with Gasteiger partial charge < -0.3 is 9.64 Å². The molecule has 0 aliphatic heterocycles. The number of carbonyl (C=O) groups excluding carboxylic acids is 2. The summed E-state index contributed by atoms with van der Waals surface area (Å²) in [4.78, 5) is 27.8. The van der Waals surface area contributed by atoms with Crippen molar-refractivity contribution in [2.75, 3.05) is 13.2 Å². The third-order valence-corrected chi connectivity index (χ3v) is 4.24. The number of benzene rings is 2. The molecule has 0 bridgehead atoms. The number of hydrogen-bond donors (Lipinski definition) is 0. The van der Waals surface area contributed by atoms with E-state index in [0.717, 1.165) is 11.3 Å². The highest BCUT2D eigenvalue weighted by Crippen LogP contribution is 2.10. The molecule has 0 fully saturated rings. The molecule has 0 N–H and O–H groups in total. The Morgan fingerprint density at radius 1 is 1.00 bits per heavy atom. The fraction of sp³-hybridized carbons (Fsp3) is 0.238. The Bertz CT molecular complexity index is 939. The summed E-state index contributed by atoms with van der Waals surface area (Å²) in [5.41, 5.74) is 2.30. The summed E-state index contributed by atoms with van der Waals surface area (Å²) >= 11 is 0. The highest BCUT2D eigenvalue weighted by Gasteiger charge is 2.20. The summed E-state index contributed by atoms with van der Waals surface area (Å²) in [6.45, 7) is 4.22. The summed E-state index contributed by atoms with van der Waals surface area (Å²) < 4.78 is 5.19. The highest BCUT2D eigenvalue weighted by molar-refractivity contribution is 5.90. The molecule has 0 saturated carbocycles. The molecule has 3 aromatic rings. The quantitative estimate of drug-likeness (QED) is 0.591. The van der Waals surface area contributed by atoms with Gasteiger partial charge in [-0.05, 0) is 31.5 Å². The predicted molar refractivity (Wildman–Crippen MR) is 104 cm³/mol. The molecule has 0 saturated heterocycles. The molecule has 7 nitrogen and oxygen atoms in total. The Morgan fingerprint density at radius 3 is 2.29 bits per heavy atom. The Balaban J connectivity index is 1.62. The van der Waals surface area contributed by atoms with E-state index in [9.17, 15) is 9.59 Å². The van der Waals surface area contributed by atoms with E-state index in [-0.39, 0.29) is 18.2 Å². The highest BCUT2D eigenvalue weighted by atomic mass is 16.5.